The molecule has 0 heterocycles. The quantitative estimate of drug-likeness (QED) is 0.111. The second kappa shape index (κ2) is 16.1. The van der Waals surface area contributed by atoms with Crippen LogP contribution < -0.4 is 10.4 Å². The molecule has 0 nitrogen and oxygen atoms in total. The second-order valence-corrected chi connectivity index (χ2v) is 26.3. The second-order valence-electron chi connectivity index (χ2n) is 22.1. The van der Waals surface area contributed by atoms with Gasteiger partial charge in [0.15, 0.2) is 0 Å². The van der Waals surface area contributed by atoms with Crippen molar-refractivity contribution in [2.45, 2.75) is 124 Å². The summed E-state index contributed by atoms with van der Waals surface area (Å²) in [5.74, 6) is 6.99. The van der Waals surface area contributed by atoms with Crippen molar-refractivity contribution in [2.24, 2.45) is 64.1 Å². The van der Waals surface area contributed by atoms with E-state index in [2.05, 4.69) is 169 Å². The maximum Gasteiger partial charge on any atom is 0.119 e. The van der Waals surface area contributed by atoms with Gasteiger partial charge in [-0.1, -0.05) is 185 Å². The zero-order valence-electron chi connectivity index (χ0n) is 36.7. The van der Waals surface area contributed by atoms with E-state index in [4.69, 9.17) is 6.58 Å². The van der Waals surface area contributed by atoms with Crippen LogP contribution in [0.2, 0.25) is 12.6 Å². The Hall–Kier alpha value is -3.16. The van der Waals surface area contributed by atoms with Gasteiger partial charge in [-0.25, -0.2) is 0 Å². The van der Waals surface area contributed by atoms with E-state index in [1.54, 1.807) is 11.1 Å². The summed E-state index contributed by atoms with van der Waals surface area (Å²) in [6.07, 6.45) is 13.7. The van der Waals surface area contributed by atoms with Crippen LogP contribution >= 0.6 is 0 Å². The van der Waals surface area contributed by atoms with E-state index in [0.29, 0.717) is 28.6 Å². The first kappa shape index (κ1) is 40.6. The smallest absolute Gasteiger partial charge is 0.100 e. The van der Waals surface area contributed by atoms with Crippen LogP contribution in [0.1, 0.15) is 117 Å². The Balaban J connectivity index is 1.17. The summed E-state index contributed by atoms with van der Waals surface area (Å²) in [5.41, 5.74) is 5.51. The highest BCUT2D eigenvalue weighted by atomic mass is 28.3. The molecule has 0 N–H and O–H groups in total. The zero-order valence-corrected chi connectivity index (χ0v) is 37.7. The average molecular weight is 775 g/mol. The maximum absolute atomic E-state index is 4.93. The first-order chi connectivity index (χ1) is 27.3. The summed E-state index contributed by atoms with van der Waals surface area (Å²) in [6, 6.07) is 48.3. The van der Waals surface area contributed by atoms with Crippen molar-refractivity contribution in [3.63, 3.8) is 0 Å². The fraction of sp³-hybridized carbons (Fsp3) is 0.536. The minimum absolute atomic E-state index is 0.0292. The normalized spacial score (nSPS) is 29.4. The lowest BCUT2D eigenvalue weighted by Crippen LogP contribution is -2.55. The third kappa shape index (κ3) is 7.74. The lowest BCUT2D eigenvalue weighted by atomic mass is 9.51. The number of fused-ring (bicyclic) bond motifs is 3. The minimum atomic E-state index is -1.99. The fourth-order valence-corrected chi connectivity index (χ4v) is 18.0. The van der Waals surface area contributed by atoms with E-state index in [9.17, 15) is 0 Å². The van der Waals surface area contributed by atoms with Gasteiger partial charge in [0, 0.05) is 5.41 Å². The van der Waals surface area contributed by atoms with Gasteiger partial charge in [0.05, 0.1) is 0 Å². The first-order valence-electron chi connectivity index (χ1n) is 23.2. The van der Waals surface area contributed by atoms with Gasteiger partial charge in [-0.3, -0.25) is 0 Å². The molecule has 8 atom stereocenters. The highest BCUT2D eigenvalue weighted by Crippen LogP contribution is 2.69. The Labute approximate surface area is 349 Å². The number of allylic oxidation sites excluding steroid dienone is 1. The molecule has 0 aromatic heterocycles. The molecule has 1 heteroatoms. The van der Waals surface area contributed by atoms with Crippen LogP contribution in [0, 0.1) is 64.1 Å². The molecule has 4 aliphatic rings. The van der Waals surface area contributed by atoms with Crippen molar-refractivity contribution in [3.8, 4) is 0 Å². The Bertz CT molecular complexity index is 1800. The van der Waals surface area contributed by atoms with E-state index in [0.717, 1.165) is 41.6 Å². The van der Waals surface area contributed by atoms with Crippen LogP contribution in [0.15, 0.2) is 133 Å². The van der Waals surface area contributed by atoms with Gasteiger partial charge in [0.1, 0.15) is 8.07 Å². The summed E-state index contributed by atoms with van der Waals surface area (Å²) >= 11 is 0. The van der Waals surface area contributed by atoms with Gasteiger partial charge in [-0.05, 0) is 145 Å². The molecule has 0 aliphatic heterocycles. The van der Waals surface area contributed by atoms with Crippen LogP contribution in [0.25, 0.3) is 0 Å². The van der Waals surface area contributed by atoms with Crippen molar-refractivity contribution in [1.29, 1.82) is 0 Å². The van der Waals surface area contributed by atoms with E-state index in [-0.39, 0.29) is 5.41 Å². The van der Waals surface area contributed by atoms with Crippen molar-refractivity contribution in [3.05, 3.63) is 145 Å². The minimum Gasteiger partial charge on any atom is -0.100 e. The highest BCUT2D eigenvalue weighted by Gasteiger charge is 2.63. The molecular weight excluding hydrogens is 701 g/mol. The zero-order chi connectivity index (χ0) is 40.0. The molecule has 0 spiro atoms. The molecule has 0 radical (unpaired) electrons. The van der Waals surface area contributed by atoms with Crippen molar-refractivity contribution >= 4 is 18.4 Å². The molecule has 4 aromatic rings. The molecule has 0 bridgehead atoms. The van der Waals surface area contributed by atoms with Gasteiger partial charge in [0.2, 0.25) is 0 Å². The molecule has 4 aliphatic carbocycles. The van der Waals surface area contributed by atoms with Crippen LogP contribution in [-0.4, -0.2) is 8.07 Å². The standard InChI is InChI=1S/C56H74Si/c1-40(39-57(8,47-25-17-11-18-26-47)48-27-19-12-20-28-48)35-41-29-30-46(36-41)56(42-21-13-9-14-22-42,43-23-15-10-16-24-43)53-49-33-31-44(54(2,3)4)37-51(49)52-38-45(55(5,6)7)32-34-50(52)53/h9-28,41,44-46,49-53H,1,29-39H2,2-8H3. The lowest BCUT2D eigenvalue weighted by Gasteiger charge is -2.52. The van der Waals surface area contributed by atoms with Crippen LogP contribution in [0.3, 0.4) is 0 Å². The molecule has 302 valence electrons. The Morgan fingerprint density at radius 2 is 0.912 bits per heavy atom. The SMILES string of the molecule is C=C(CC1CCC(C(c2ccccc2)(c2ccccc2)C2C3CCC(C(C)(C)C)CC3C3CC(C(C)(C)C)CCC32)C1)C[Si](C)(c1ccccc1)c1ccccc1. The van der Waals surface area contributed by atoms with Crippen LogP contribution in [0.4, 0.5) is 0 Å². The van der Waals surface area contributed by atoms with Gasteiger partial charge in [-0.15, -0.1) is 6.58 Å². The molecule has 0 amide bonds. The van der Waals surface area contributed by atoms with E-state index in [1.165, 1.54) is 80.2 Å². The Kier molecular flexibility index (Phi) is 11.5. The van der Waals surface area contributed by atoms with Gasteiger partial charge >= 0.3 is 0 Å². The third-order valence-electron chi connectivity index (χ3n) is 17.0. The largest absolute Gasteiger partial charge is 0.119 e. The Morgan fingerprint density at radius 1 is 0.509 bits per heavy atom. The van der Waals surface area contributed by atoms with Gasteiger partial charge in [-0.2, -0.15) is 0 Å². The molecule has 0 saturated heterocycles. The number of hydrogen-bond donors (Lipinski definition) is 0. The summed E-state index contributed by atoms with van der Waals surface area (Å²) in [4.78, 5) is 0. The van der Waals surface area contributed by atoms with Crippen molar-refractivity contribution in [1.82, 2.24) is 0 Å². The summed E-state index contributed by atoms with van der Waals surface area (Å²) < 4.78 is 0. The number of benzene rings is 4. The fourth-order valence-electron chi connectivity index (χ4n) is 14.3. The monoisotopic (exact) mass is 775 g/mol. The number of rotatable bonds is 10. The van der Waals surface area contributed by atoms with Gasteiger partial charge < -0.3 is 0 Å². The third-order valence-corrected chi connectivity index (χ3v) is 21.5. The highest BCUT2D eigenvalue weighted by molar-refractivity contribution is 7.01. The van der Waals surface area contributed by atoms with Crippen LogP contribution in [0.5, 0.6) is 0 Å². The van der Waals surface area contributed by atoms with E-state index in [1.807, 2.05) is 0 Å². The van der Waals surface area contributed by atoms with Crippen molar-refractivity contribution in [2.75, 3.05) is 0 Å². The topological polar surface area (TPSA) is 0 Å². The molecular formula is C56H74Si. The molecule has 8 rings (SSSR count). The number of hydrogen-bond acceptors (Lipinski definition) is 0. The molecule has 8 unspecified atom stereocenters. The molecule has 57 heavy (non-hydrogen) atoms. The lowest BCUT2D eigenvalue weighted by molar-refractivity contribution is 0.0542. The predicted molar refractivity (Wildman–Crippen MR) is 248 cm³/mol. The summed E-state index contributed by atoms with van der Waals surface area (Å²) in [7, 11) is -1.99. The molecule has 4 fully saturated rings. The van der Waals surface area contributed by atoms with Crippen molar-refractivity contribution < 1.29 is 0 Å². The maximum atomic E-state index is 4.93. The summed E-state index contributed by atoms with van der Waals surface area (Å²) in [5, 5.41) is 3.06. The average Bonchev–Trinajstić information content (AvgIpc) is 3.81. The first-order valence-corrected chi connectivity index (χ1v) is 25.9. The Morgan fingerprint density at radius 3 is 1.33 bits per heavy atom. The van der Waals surface area contributed by atoms with E-state index < -0.39 is 8.07 Å². The summed E-state index contributed by atoms with van der Waals surface area (Å²) in [6.45, 7) is 22.7. The van der Waals surface area contributed by atoms with Gasteiger partial charge in [0.25, 0.3) is 0 Å². The van der Waals surface area contributed by atoms with Crippen LogP contribution in [-0.2, 0) is 5.41 Å². The van der Waals surface area contributed by atoms with E-state index >= 15 is 0 Å². The molecule has 4 saturated carbocycles. The predicted octanol–water partition coefficient (Wildman–Crippen LogP) is 14.0. The molecule has 4 aromatic carbocycles.